The summed E-state index contributed by atoms with van der Waals surface area (Å²) in [5, 5.41) is 10.8. The molecule has 1 rings (SSSR count). The number of hydrogen-bond acceptors (Lipinski definition) is 4. The molecule has 7 heteroatoms. The number of hydrogen-bond donors (Lipinski definition) is 0. The standard InChI is InChI=1S/C14H20FN3O3/c1-5-17(10(2)9-16(3)4)14(19)12-8-11(18(20)21)6-7-13(12)15/h6-8,10H,5,9H2,1-4H3. The van der Waals surface area contributed by atoms with Crippen molar-refractivity contribution in [2.45, 2.75) is 19.9 Å². The summed E-state index contributed by atoms with van der Waals surface area (Å²) < 4.78 is 13.8. The lowest BCUT2D eigenvalue weighted by Crippen LogP contribution is -2.44. The van der Waals surface area contributed by atoms with Crippen LogP contribution >= 0.6 is 0 Å². The Kier molecular flexibility index (Phi) is 5.78. The summed E-state index contributed by atoms with van der Waals surface area (Å²) in [7, 11) is 3.76. The van der Waals surface area contributed by atoms with E-state index in [1.807, 2.05) is 25.9 Å². The highest BCUT2D eigenvalue weighted by molar-refractivity contribution is 5.95. The van der Waals surface area contributed by atoms with Crippen LogP contribution in [0.3, 0.4) is 0 Å². The van der Waals surface area contributed by atoms with Gasteiger partial charge in [0, 0.05) is 31.3 Å². The van der Waals surface area contributed by atoms with E-state index in [1.165, 1.54) is 4.90 Å². The van der Waals surface area contributed by atoms with Gasteiger partial charge < -0.3 is 9.80 Å². The monoisotopic (exact) mass is 297 g/mol. The maximum Gasteiger partial charge on any atom is 0.270 e. The van der Waals surface area contributed by atoms with E-state index >= 15 is 0 Å². The Morgan fingerprint density at radius 3 is 2.52 bits per heavy atom. The molecule has 0 N–H and O–H groups in total. The molecular weight excluding hydrogens is 277 g/mol. The molecule has 0 aliphatic rings. The minimum absolute atomic E-state index is 0.129. The van der Waals surface area contributed by atoms with Gasteiger partial charge in [-0.2, -0.15) is 0 Å². The topological polar surface area (TPSA) is 66.7 Å². The fourth-order valence-corrected chi connectivity index (χ4v) is 2.23. The van der Waals surface area contributed by atoms with Gasteiger partial charge in [0.05, 0.1) is 10.5 Å². The Morgan fingerprint density at radius 1 is 1.43 bits per heavy atom. The predicted molar refractivity (Wildman–Crippen MR) is 77.8 cm³/mol. The van der Waals surface area contributed by atoms with E-state index in [1.54, 1.807) is 6.92 Å². The van der Waals surface area contributed by atoms with Gasteiger partial charge in [0.15, 0.2) is 0 Å². The van der Waals surface area contributed by atoms with Gasteiger partial charge in [0.2, 0.25) is 0 Å². The third kappa shape index (κ3) is 4.22. The highest BCUT2D eigenvalue weighted by Gasteiger charge is 2.24. The van der Waals surface area contributed by atoms with Crippen LogP contribution in [0.25, 0.3) is 0 Å². The Balaban J connectivity index is 3.10. The second-order valence-corrected chi connectivity index (χ2v) is 5.12. The highest BCUT2D eigenvalue weighted by atomic mass is 19.1. The summed E-state index contributed by atoms with van der Waals surface area (Å²) in [6, 6.07) is 2.86. The van der Waals surface area contributed by atoms with Crippen molar-refractivity contribution in [3.05, 3.63) is 39.7 Å². The minimum Gasteiger partial charge on any atom is -0.335 e. The molecule has 0 fully saturated rings. The maximum absolute atomic E-state index is 13.8. The normalized spacial score (nSPS) is 12.3. The number of nitro benzene ring substituents is 1. The molecule has 21 heavy (non-hydrogen) atoms. The molecular formula is C14H20FN3O3. The third-order valence-electron chi connectivity index (χ3n) is 3.15. The summed E-state index contributed by atoms with van der Waals surface area (Å²) in [6.07, 6.45) is 0. The first-order valence-electron chi connectivity index (χ1n) is 6.67. The van der Waals surface area contributed by atoms with E-state index in [4.69, 9.17) is 0 Å². The first kappa shape index (κ1) is 17.0. The number of amides is 1. The summed E-state index contributed by atoms with van der Waals surface area (Å²) in [5.41, 5.74) is -0.562. The van der Waals surface area contributed by atoms with Gasteiger partial charge in [-0.3, -0.25) is 14.9 Å². The van der Waals surface area contributed by atoms with Crippen molar-refractivity contribution in [3.63, 3.8) is 0 Å². The second-order valence-electron chi connectivity index (χ2n) is 5.12. The lowest BCUT2D eigenvalue weighted by atomic mass is 10.1. The molecule has 0 saturated carbocycles. The summed E-state index contributed by atoms with van der Waals surface area (Å²) in [5.74, 6) is -1.28. The zero-order chi connectivity index (χ0) is 16.2. The molecule has 0 bridgehead atoms. The molecule has 1 aromatic carbocycles. The Labute approximate surface area is 123 Å². The van der Waals surface area contributed by atoms with Crippen molar-refractivity contribution in [3.8, 4) is 0 Å². The first-order chi connectivity index (χ1) is 9.77. The number of non-ortho nitro benzene ring substituents is 1. The lowest BCUT2D eigenvalue weighted by Gasteiger charge is -2.30. The average molecular weight is 297 g/mol. The van der Waals surface area contributed by atoms with E-state index in [9.17, 15) is 19.3 Å². The van der Waals surface area contributed by atoms with Gasteiger partial charge in [0.25, 0.3) is 11.6 Å². The third-order valence-corrected chi connectivity index (χ3v) is 3.15. The molecule has 0 aliphatic carbocycles. The molecule has 0 heterocycles. The first-order valence-corrected chi connectivity index (χ1v) is 6.67. The number of carbonyl (C=O) groups excluding carboxylic acids is 1. The van der Waals surface area contributed by atoms with Crippen LogP contribution in [0.4, 0.5) is 10.1 Å². The van der Waals surface area contributed by atoms with Gasteiger partial charge >= 0.3 is 0 Å². The smallest absolute Gasteiger partial charge is 0.270 e. The highest BCUT2D eigenvalue weighted by Crippen LogP contribution is 2.19. The second kappa shape index (κ2) is 7.12. The van der Waals surface area contributed by atoms with Crippen LogP contribution < -0.4 is 0 Å². The van der Waals surface area contributed by atoms with Crippen molar-refractivity contribution in [2.75, 3.05) is 27.2 Å². The van der Waals surface area contributed by atoms with Gasteiger partial charge in [0.1, 0.15) is 5.82 Å². The maximum atomic E-state index is 13.8. The lowest BCUT2D eigenvalue weighted by molar-refractivity contribution is -0.384. The Morgan fingerprint density at radius 2 is 2.05 bits per heavy atom. The largest absolute Gasteiger partial charge is 0.335 e. The van der Waals surface area contributed by atoms with Gasteiger partial charge in [-0.25, -0.2) is 4.39 Å². The molecule has 0 spiro atoms. The number of benzene rings is 1. The number of carbonyl (C=O) groups is 1. The summed E-state index contributed by atoms with van der Waals surface area (Å²) in [4.78, 5) is 26.0. The van der Waals surface area contributed by atoms with E-state index < -0.39 is 16.6 Å². The Hall–Kier alpha value is -2.02. The van der Waals surface area contributed by atoms with Crippen LogP contribution in [-0.2, 0) is 0 Å². The van der Waals surface area contributed by atoms with Crippen LogP contribution in [0.2, 0.25) is 0 Å². The fraction of sp³-hybridized carbons (Fsp3) is 0.500. The minimum atomic E-state index is -0.749. The van der Waals surface area contributed by atoms with E-state index in [-0.39, 0.29) is 17.3 Å². The summed E-state index contributed by atoms with van der Waals surface area (Å²) >= 11 is 0. The number of nitrogens with zero attached hydrogens (tertiary/aromatic N) is 3. The van der Waals surface area contributed by atoms with Crippen LogP contribution in [0.15, 0.2) is 18.2 Å². The van der Waals surface area contributed by atoms with Crippen LogP contribution in [0, 0.1) is 15.9 Å². The number of halogens is 1. The molecule has 0 aromatic heterocycles. The van der Waals surface area contributed by atoms with Crippen molar-refractivity contribution < 1.29 is 14.1 Å². The molecule has 1 amide bonds. The van der Waals surface area contributed by atoms with Crippen molar-refractivity contribution in [1.29, 1.82) is 0 Å². The SMILES string of the molecule is CCN(C(=O)c1cc([N+](=O)[O-])ccc1F)C(C)CN(C)C. The van der Waals surface area contributed by atoms with Gasteiger partial charge in [-0.15, -0.1) is 0 Å². The molecule has 0 aliphatic heterocycles. The zero-order valence-corrected chi connectivity index (χ0v) is 12.7. The van der Waals surface area contributed by atoms with E-state index in [0.717, 1.165) is 18.2 Å². The molecule has 1 aromatic rings. The van der Waals surface area contributed by atoms with Crippen LogP contribution in [0.5, 0.6) is 0 Å². The molecule has 0 saturated heterocycles. The van der Waals surface area contributed by atoms with E-state index in [2.05, 4.69) is 0 Å². The molecule has 1 atom stereocenters. The van der Waals surface area contributed by atoms with Crippen LogP contribution in [-0.4, -0.2) is 53.9 Å². The fourth-order valence-electron chi connectivity index (χ4n) is 2.23. The number of rotatable bonds is 6. The van der Waals surface area contributed by atoms with Crippen molar-refractivity contribution in [1.82, 2.24) is 9.80 Å². The molecule has 116 valence electrons. The van der Waals surface area contributed by atoms with Gasteiger partial charge in [-0.05, 0) is 34.0 Å². The van der Waals surface area contributed by atoms with Crippen LogP contribution in [0.1, 0.15) is 24.2 Å². The molecule has 1 unspecified atom stereocenters. The average Bonchev–Trinajstić information content (AvgIpc) is 2.38. The zero-order valence-electron chi connectivity index (χ0n) is 12.7. The predicted octanol–water partition coefficient (Wildman–Crippen LogP) is 2.15. The van der Waals surface area contributed by atoms with E-state index in [0.29, 0.717) is 13.1 Å². The van der Waals surface area contributed by atoms with Gasteiger partial charge in [-0.1, -0.05) is 0 Å². The number of nitro groups is 1. The Bertz CT molecular complexity index is 534. The quantitative estimate of drug-likeness (QED) is 0.596. The van der Waals surface area contributed by atoms with Crippen molar-refractivity contribution in [2.24, 2.45) is 0 Å². The van der Waals surface area contributed by atoms with Crippen molar-refractivity contribution >= 4 is 11.6 Å². The number of likely N-dealkylation sites (N-methyl/N-ethyl adjacent to an activating group) is 2. The molecule has 6 nitrogen and oxygen atoms in total. The summed E-state index contributed by atoms with van der Waals surface area (Å²) in [6.45, 7) is 4.67. The molecule has 0 radical (unpaired) electrons.